The predicted octanol–water partition coefficient (Wildman–Crippen LogP) is 4.24. The highest BCUT2D eigenvalue weighted by atomic mass is 32.2. The predicted molar refractivity (Wildman–Crippen MR) is 116 cm³/mol. The summed E-state index contributed by atoms with van der Waals surface area (Å²) in [5.41, 5.74) is 0.0274. The number of alkyl halides is 3. The summed E-state index contributed by atoms with van der Waals surface area (Å²) in [6.07, 6.45) is -3.46. The van der Waals surface area contributed by atoms with Gasteiger partial charge in [0.25, 0.3) is 0 Å². The van der Waals surface area contributed by atoms with Crippen LogP contribution in [0.15, 0.2) is 77.8 Å². The van der Waals surface area contributed by atoms with Crippen LogP contribution in [0.2, 0.25) is 0 Å². The Bertz CT molecular complexity index is 1290. The zero-order valence-corrected chi connectivity index (χ0v) is 18.0. The Labute approximate surface area is 189 Å². The molecule has 0 saturated carbocycles. The fourth-order valence-electron chi connectivity index (χ4n) is 3.95. The summed E-state index contributed by atoms with van der Waals surface area (Å²) in [5.74, 6) is -0.334. The highest BCUT2D eigenvalue weighted by Gasteiger charge is 2.41. The van der Waals surface area contributed by atoms with Crippen molar-refractivity contribution in [3.63, 3.8) is 0 Å². The van der Waals surface area contributed by atoms with Gasteiger partial charge in [0, 0.05) is 31.2 Å². The Kier molecular flexibility index (Phi) is 6.10. The molecule has 1 aliphatic heterocycles. The summed E-state index contributed by atoms with van der Waals surface area (Å²) in [5, 5.41) is 12.3. The van der Waals surface area contributed by atoms with Crippen LogP contribution in [-0.4, -0.2) is 36.8 Å². The van der Waals surface area contributed by atoms with Crippen molar-refractivity contribution in [3.05, 3.63) is 89.6 Å². The number of aromatic nitrogens is 1. The van der Waals surface area contributed by atoms with Gasteiger partial charge < -0.3 is 5.32 Å². The first-order chi connectivity index (χ1) is 15.7. The standard InChI is InChI=1S/C23H19F3N4O2S/c24-23(25,26)18-10-11-28-22(12-18)29-20-15-30(14-19(20)16-6-2-1-3-7-16)33(31,32)21-9-5-4-8-17(21)13-27/h1-12,19-20H,14-15H2,(H,28,29)/t19-,20+/m0/s1. The fraction of sp³-hybridized carbons (Fsp3) is 0.217. The molecule has 2 heterocycles. The van der Waals surface area contributed by atoms with Crippen molar-refractivity contribution >= 4 is 15.8 Å². The van der Waals surface area contributed by atoms with Crippen LogP contribution in [0.25, 0.3) is 0 Å². The third kappa shape index (κ3) is 4.69. The second kappa shape index (κ2) is 8.84. The van der Waals surface area contributed by atoms with Gasteiger partial charge in [-0.1, -0.05) is 42.5 Å². The van der Waals surface area contributed by atoms with Crippen molar-refractivity contribution in [2.75, 3.05) is 18.4 Å². The molecule has 6 nitrogen and oxygen atoms in total. The topological polar surface area (TPSA) is 86.1 Å². The second-order valence-corrected chi connectivity index (χ2v) is 9.53. The van der Waals surface area contributed by atoms with E-state index in [2.05, 4.69) is 10.3 Å². The van der Waals surface area contributed by atoms with Crippen molar-refractivity contribution in [1.82, 2.24) is 9.29 Å². The van der Waals surface area contributed by atoms with Crippen LogP contribution in [0.1, 0.15) is 22.6 Å². The highest BCUT2D eigenvalue weighted by Crippen LogP contribution is 2.35. The van der Waals surface area contributed by atoms with Gasteiger partial charge in [-0.3, -0.25) is 0 Å². The summed E-state index contributed by atoms with van der Waals surface area (Å²) in [4.78, 5) is 3.90. The smallest absolute Gasteiger partial charge is 0.365 e. The second-order valence-electron chi connectivity index (χ2n) is 7.63. The first-order valence-electron chi connectivity index (χ1n) is 10.0. The largest absolute Gasteiger partial charge is 0.416 e. The first-order valence-corrected chi connectivity index (χ1v) is 11.5. The molecular formula is C23H19F3N4O2S. The minimum Gasteiger partial charge on any atom is -0.365 e. The number of sulfonamides is 1. The van der Waals surface area contributed by atoms with Gasteiger partial charge in [-0.2, -0.15) is 22.7 Å². The highest BCUT2D eigenvalue weighted by molar-refractivity contribution is 7.89. The molecule has 1 N–H and O–H groups in total. The van der Waals surface area contributed by atoms with Crippen LogP contribution < -0.4 is 5.32 Å². The Morgan fingerprint density at radius 3 is 2.42 bits per heavy atom. The third-order valence-corrected chi connectivity index (χ3v) is 7.45. The van der Waals surface area contributed by atoms with Crippen LogP contribution in [0, 0.1) is 11.3 Å². The van der Waals surface area contributed by atoms with E-state index in [1.807, 2.05) is 36.4 Å². The van der Waals surface area contributed by atoms with E-state index in [0.717, 1.165) is 23.9 Å². The number of rotatable bonds is 5. The lowest BCUT2D eigenvalue weighted by Crippen LogP contribution is -2.32. The third-order valence-electron chi connectivity index (χ3n) is 5.56. The lowest BCUT2D eigenvalue weighted by Gasteiger charge is -2.21. The average Bonchev–Trinajstić information content (AvgIpc) is 3.24. The van der Waals surface area contributed by atoms with Gasteiger partial charge in [0.05, 0.1) is 16.0 Å². The molecule has 1 aliphatic rings. The number of anilines is 1. The number of pyridine rings is 1. The number of benzene rings is 2. The van der Waals surface area contributed by atoms with Gasteiger partial charge in [0.15, 0.2) is 0 Å². The summed E-state index contributed by atoms with van der Waals surface area (Å²) < 4.78 is 67.4. The van der Waals surface area contributed by atoms with Crippen LogP contribution >= 0.6 is 0 Å². The van der Waals surface area contributed by atoms with E-state index in [4.69, 9.17) is 0 Å². The lowest BCUT2D eigenvalue weighted by molar-refractivity contribution is -0.137. The van der Waals surface area contributed by atoms with Gasteiger partial charge >= 0.3 is 6.18 Å². The number of hydrogen-bond donors (Lipinski definition) is 1. The fourth-order valence-corrected chi connectivity index (χ4v) is 5.58. The molecule has 3 aromatic rings. The first kappa shape index (κ1) is 22.8. The summed E-state index contributed by atoms with van der Waals surface area (Å²) in [6.45, 7) is 0.0995. The molecule has 1 saturated heterocycles. The molecule has 2 atom stereocenters. The SMILES string of the molecule is N#Cc1ccccc1S(=O)(=O)N1C[C@@H](Nc2cc(C(F)(F)F)ccn2)[C@H](c2ccccc2)C1. The van der Waals surface area contributed by atoms with Crippen molar-refractivity contribution in [2.24, 2.45) is 0 Å². The molecule has 1 aromatic heterocycles. The van der Waals surface area contributed by atoms with E-state index in [-0.39, 0.29) is 35.3 Å². The average molecular weight is 472 g/mol. The normalized spacial score (nSPS) is 19.2. The molecule has 170 valence electrons. The Hall–Kier alpha value is -3.42. The minimum absolute atomic E-state index is 0.000414. The molecule has 33 heavy (non-hydrogen) atoms. The summed E-state index contributed by atoms with van der Waals surface area (Å²) in [6, 6.07) is 18.2. The molecule has 0 unspecified atom stereocenters. The maximum absolute atomic E-state index is 13.4. The molecule has 0 amide bonds. The van der Waals surface area contributed by atoms with Crippen molar-refractivity contribution in [1.29, 1.82) is 5.26 Å². The van der Waals surface area contributed by atoms with Crippen LogP contribution in [-0.2, 0) is 16.2 Å². The molecule has 0 radical (unpaired) electrons. The minimum atomic E-state index is -4.52. The van der Waals surface area contributed by atoms with Crippen LogP contribution in [0.5, 0.6) is 0 Å². The number of nitriles is 1. The molecule has 10 heteroatoms. The summed E-state index contributed by atoms with van der Waals surface area (Å²) >= 11 is 0. The maximum Gasteiger partial charge on any atom is 0.416 e. The quantitative estimate of drug-likeness (QED) is 0.600. The van der Waals surface area contributed by atoms with Gasteiger partial charge in [-0.15, -0.1) is 0 Å². The molecular weight excluding hydrogens is 453 g/mol. The van der Waals surface area contributed by atoms with E-state index >= 15 is 0 Å². The lowest BCUT2D eigenvalue weighted by atomic mass is 9.94. The summed E-state index contributed by atoms with van der Waals surface area (Å²) in [7, 11) is -4.01. The van der Waals surface area contributed by atoms with E-state index < -0.39 is 27.8 Å². The Morgan fingerprint density at radius 2 is 1.73 bits per heavy atom. The van der Waals surface area contributed by atoms with E-state index in [9.17, 15) is 26.9 Å². The van der Waals surface area contributed by atoms with Crippen molar-refractivity contribution in [2.45, 2.75) is 23.0 Å². The Balaban J connectivity index is 1.68. The van der Waals surface area contributed by atoms with E-state index in [0.29, 0.717) is 0 Å². The van der Waals surface area contributed by atoms with Gasteiger partial charge in [-0.05, 0) is 29.8 Å². The maximum atomic E-state index is 13.4. The van der Waals surface area contributed by atoms with Crippen LogP contribution in [0.4, 0.5) is 19.0 Å². The number of halogens is 3. The van der Waals surface area contributed by atoms with Gasteiger partial charge in [-0.25, -0.2) is 13.4 Å². The van der Waals surface area contributed by atoms with Crippen molar-refractivity contribution in [3.8, 4) is 6.07 Å². The van der Waals surface area contributed by atoms with Gasteiger partial charge in [0.1, 0.15) is 11.9 Å². The molecule has 4 rings (SSSR count). The molecule has 2 aromatic carbocycles. The molecule has 0 aliphatic carbocycles. The van der Waals surface area contributed by atoms with E-state index in [1.165, 1.54) is 16.4 Å². The monoisotopic (exact) mass is 472 g/mol. The van der Waals surface area contributed by atoms with Gasteiger partial charge in [0.2, 0.25) is 10.0 Å². The molecule has 0 bridgehead atoms. The number of hydrogen-bond acceptors (Lipinski definition) is 5. The number of nitrogens with zero attached hydrogens (tertiary/aromatic N) is 3. The molecule has 1 fully saturated rings. The van der Waals surface area contributed by atoms with E-state index in [1.54, 1.807) is 12.1 Å². The zero-order chi connectivity index (χ0) is 23.6. The molecule has 0 spiro atoms. The zero-order valence-electron chi connectivity index (χ0n) is 17.2. The van der Waals surface area contributed by atoms with Crippen LogP contribution in [0.3, 0.4) is 0 Å². The van der Waals surface area contributed by atoms with Crippen molar-refractivity contribution < 1.29 is 21.6 Å². The number of nitrogens with one attached hydrogen (secondary N) is 1. The Morgan fingerprint density at radius 1 is 1.03 bits per heavy atom.